The molecule has 0 amide bonds. The maximum absolute atomic E-state index is 11.7. The highest BCUT2D eigenvalue weighted by Crippen LogP contribution is 2.29. The fourth-order valence-electron chi connectivity index (χ4n) is 2.58. The van der Waals surface area contributed by atoms with Gasteiger partial charge in [-0.15, -0.1) is 0 Å². The summed E-state index contributed by atoms with van der Waals surface area (Å²) in [5, 5.41) is 0. The van der Waals surface area contributed by atoms with Gasteiger partial charge < -0.3 is 4.74 Å². The lowest BCUT2D eigenvalue weighted by Crippen LogP contribution is -2.10. The van der Waals surface area contributed by atoms with E-state index in [0.717, 1.165) is 37.9 Å². The Labute approximate surface area is 103 Å². The maximum atomic E-state index is 11.7. The van der Waals surface area contributed by atoms with E-state index < -0.39 is 0 Å². The lowest BCUT2D eigenvalue weighted by atomic mass is 9.95. The zero-order valence-corrected chi connectivity index (χ0v) is 10.7. The molecule has 1 atom stereocenters. The molecule has 0 spiro atoms. The molecule has 1 saturated carbocycles. The summed E-state index contributed by atoms with van der Waals surface area (Å²) in [5.74, 6) is 1.56. The van der Waals surface area contributed by atoms with Crippen molar-refractivity contribution in [3.8, 4) is 5.75 Å². The molecular formula is C15H20O2. The predicted molar refractivity (Wildman–Crippen MR) is 68.4 cm³/mol. The van der Waals surface area contributed by atoms with Crippen molar-refractivity contribution in [3.63, 3.8) is 0 Å². The van der Waals surface area contributed by atoms with Crippen LogP contribution in [0.25, 0.3) is 0 Å². The second kappa shape index (κ2) is 5.35. The van der Waals surface area contributed by atoms with Gasteiger partial charge in [0.2, 0.25) is 0 Å². The van der Waals surface area contributed by atoms with Crippen LogP contribution in [-0.2, 0) is 17.6 Å². The molecule has 2 heteroatoms. The highest BCUT2D eigenvalue weighted by Gasteiger charge is 2.25. The van der Waals surface area contributed by atoms with Crippen LogP contribution in [0.2, 0.25) is 0 Å². The number of ketones is 1. The molecule has 1 aliphatic rings. The molecule has 1 aromatic carbocycles. The fraction of sp³-hybridized carbons (Fsp3) is 0.533. The van der Waals surface area contributed by atoms with Gasteiger partial charge in [-0.05, 0) is 42.9 Å². The zero-order chi connectivity index (χ0) is 12.3. The van der Waals surface area contributed by atoms with Crippen LogP contribution in [0.3, 0.4) is 0 Å². The first-order chi connectivity index (χ1) is 8.24. The van der Waals surface area contributed by atoms with Crippen LogP contribution in [0.15, 0.2) is 18.2 Å². The van der Waals surface area contributed by atoms with Gasteiger partial charge in [-0.25, -0.2) is 0 Å². The highest BCUT2D eigenvalue weighted by atomic mass is 16.5. The van der Waals surface area contributed by atoms with Crippen molar-refractivity contribution in [1.29, 1.82) is 0 Å². The average Bonchev–Trinajstić information content (AvgIpc) is 2.75. The Balaban J connectivity index is 2.20. The molecule has 0 aliphatic heterocycles. The molecule has 1 aliphatic carbocycles. The largest absolute Gasteiger partial charge is 0.496 e. The molecule has 1 fully saturated rings. The predicted octanol–water partition coefficient (Wildman–Crippen LogP) is 3.17. The van der Waals surface area contributed by atoms with Crippen LogP contribution in [0.4, 0.5) is 0 Å². The van der Waals surface area contributed by atoms with Crippen molar-refractivity contribution < 1.29 is 9.53 Å². The van der Waals surface area contributed by atoms with Gasteiger partial charge >= 0.3 is 0 Å². The van der Waals surface area contributed by atoms with E-state index >= 15 is 0 Å². The van der Waals surface area contributed by atoms with Crippen LogP contribution in [0.5, 0.6) is 5.75 Å². The number of ether oxygens (including phenoxy) is 1. The van der Waals surface area contributed by atoms with E-state index in [1.165, 1.54) is 11.1 Å². The number of Topliss-reactive ketones (excluding diaryl/α,β-unsaturated/α-hetero) is 1. The van der Waals surface area contributed by atoms with Gasteiger partial charge in [0.05, 0.1) is 7.11 Å². The van der Waals surface area contributed by atoms with E-state index in [-0.39, 0.29) is 5.92 Å². The fourth-order valence-corrected chi connectivity index (χ4v) is 2.58. The van der Waals surface area contributed by atoms with Crippen molar-refractivity contribution in [2.75, 3.05) is 7.11 Å². The quantitative estimate of drug-likeness (QED) is 0.797. The third-order valence-electron chi connectivity index (χ3n) is 3.65. The van der Waals surface area contributed by atoms with E-state index in [1.54, 1.807) is 7.11 Å². The minimum Gasteiger partial charge on any atom is -0.496 e. The minimum absolute atomic E-state index is 0.219. The van der Waals surface area contributed by atoms with Crippen molar-refractivity contribution in [1.82, 2.24) is 0 Å². The molecule has 1 aromatic rings. The van der Waals surface area contributed by atoms with Crippen LogP contribution in [0.1, 0.15) is 37.3 Å². The Hall–Kier alpha value is -1.31. The molecule has 0 N–H and O–H groups in total. The monoisotopic (exact) mass is 232 g/mol. The summed E-state index contributed by atoms with van der Waals surface area (Å²) in [6.45, 7) is 2.15. The summed E-state index contributed by atoms with van der Waals surface area (Å²) in [4.78, 5) is 11.7. The van der Waals surface area contributed by atoms with Crippen molar-refractivity contribution in [2.24, 2.45) is 5.92 Å². The molecule has 2 rings (SSSR count). The Morgan fingerprint density at radius 2 is 2.24 bits per heavy atom. The van der Waals surface area contributed by atoms with Gasteiger partial charge in [-0.2, -0.15) is 0 Å². The van der Waals surface area contributed by atoms with Crippen LogP contribution >= 0.6 is 0 Å². The van der Waals surface area contributed by atoms with E-state index in [0.29, 0.717) is 5.78 Å². The van der Waals surface area contributed by atoms with E-state index in [1.807, 2.05) is 6.07 Å². The summed E-state index contributed by atoms with van der Waals surface area (Å²) in [6.07, 6.45) is 4.73. The summed E-state index contributed by atoms with van der Waals surface area (Å²) >= 11 is 0. The molecule has 2 nitrogen and oxygen atoms in total. The van der Waals surface area contributed by atoms with Gasteiger partial charge in [-0.3, -0.25) is 4.79 Å². The highest BCUT2D eigenvalue weighted by molar-refractivity contribution is 5.83. The van der Waals surface area contributed by atoms with Crippen molar-refractivity contribution >= 4 is 5.78 Å². The Morgan fingerprint density at radius 1 is 1.41 bits per heavy atom. The van der Waals surface area contributed by atoms with Crippen LogP contribution in [-0.4, -0.2) is 12.9 Å². The number of benzene rings is 1. The van der Waals surface area contributed by atoms with E-state index in [9.17, 15) is 4.79 Å². The molecule has 0 bridgehead atoms. The second-order valence-electron chi connectivity index (χ2n) is 4.76. The smallest absolute Gasteiger partial charge is 0.136 e. The normalized spacial score (nSPS) is 19.6. The first kappa shape index (κ1) is 12.2. The molecule has 17 heavy (non-hydrogen) atoms. The SMILES string of the molecule is CCc1ccc(OC)c(CC2CCCC2=O)c1. The third kappa shape index (κ3) is 2.68. The second-order valence-corrected chi connectivity index (χ2v) is 4.76. The topological polar surface area (TPSA) is 26.3 Å². The number of carbonyl (C=O) groups is 1. The first-order valence-corrected chi connectivity index (χ1v) is 6.43. The number of hydrogen-bond donors (Lipinski definition) is 0. The lowest BCUT2D eigenvalue weighted by molar-refractivity contribution is -0.120. The number of rotatable bonds is 4. The molecule has 0 heterocycles. The van der Waals surface area contributed by atoms with Gasteiger partial charge in [0.25, 0.3) is 0 Å². The van der Waals surface area contributed by atoms with Gasteiger partial charge in [0, 0.05) is 12.3 Å². The van der Waals surface area contributed by atoms with Gasteiger partial charge in [-0.1, -0.05) is 19.1 Å². The average molecular weight is 232 g/mol. The molecule has 0 aromatic heterocycles. The number of aryl methyl sites for hydroxylation is 1. The van der Waals surface area contributed by atoms with Crippen molar-refractivity contribution in [3.05, 3.63) is 29.3 Å². The van der Waals surface area contributed by atoms with E-state index in [2.05, 4.69) is 19.1 Å². The van der Waals surface area contributed by atoms with Crippen LogP contribution in [0, 0.1) is 5.92 Å². The van der Waals surface area contributed by atoms with E-state index in [4.69, 9.17) is 4.74 Å². The lowest BCUT2D eigenvalue weighted by Gasteiger charge is -2.13. The zero-order valence-electron chi connectivity index (χ0n) is 10.7. The molecule has 92 valence electrons. The van der Waals surface area contributed by atoms with Crippen LogP contribution < -0.4 is 4.74 Å². The maximum Gasteiger partial charge on any atom is 0.136 e. The molecular weight excluding hydrogens is 212 g/mol. The first-order valence-electron chi connectivity index (χ1n) is 6.43. The van der Waals surface area contributed by atoms with Crippen molar-refractivity contribution in [2.45, 2.75) is 39.0 Å². The minimum atomic E-state index is 0.219. The summed E-state index contributed by atoms with van der Waals surface area (Å²) < 4.78 is 5.38. The third-order valence-corrected chi connectivity index (χ3v) is 3.65. The Morgan fingerprint density at radius 3 is 2.82 bits per heavy atom. The summed E-state index contributed by atoms with van der Waals surface area (Å²) in [5.41, 5.74) is 2.50. The van der Waals surface area contributed by atoms with Gasteiger partial charge in [0.1, 0.15) is 11.5 Å². The standard InChI is InChI=1S/C15H20O2/c1-3-11-7-8-15(17-2)13(9-11)10-12-5-4-6-14(12)16/h7-9,12H,3-6,10H2,1-2H3. The summed E-state index contributed by atoms with van der Waals surface area (Å²) in [7, 11) is 1.70. The van der Waals surface area contributed by atoms with Gasteiger partial charge in [0.15, 0.2) is 0 Å². The summed E-state index contributed by atoms with van der Waals surface area (Å²) in [6, 6.07) is 6.30. The molecule has 0 radical (unpaired) electrons. The Bertz CT molecular complexity index is 409. The number of carbonyl (C=O) groups excluding carboxylic acids is 1. The molecule has 1 unspecified atom stereocenters. The Kier molecular flexibility index (Phi) is 3.82. The molecule has 0 saturated heterocycles. The number of hydrogen-bond acceptors (Lipinski definition) is 2. The number of methoxy groups -OCH3 is 1.